The Morgan fingerprint density at radius 3 is 1.36 bits per heavy atom. The summed E-state index contributed by atoms with van der Waals surface area (Å²) in [6.07, 6.45) is 11.8. The molecule has 1 aromatic rings. The number of carbonyl (C=O) groups is 21. The van der Waals surface area contributed by atoms with Gasteiger partial charge in [-0.3, -0.25) is 106 Å². The van der Waals surface area contributed by atoms with E-state index >= 15 is 0 Å². The summed E-state index contributed by atoms with van der Waals surface area (Å²) in [5, 5.41) is 94.2. The van der Waals surface area contributed by atoms with Crippen molar-refractivity contribution in [3.63, 3.8) is 0 Å². The van der Waals surface area contributed by atoms with E-state index < -0.39 is 296 Å². The van der Waals surface area contributed by atoms with Crippen LogP contribution in [0.1, 0.15) is 150 Å². The second kappa shape index (κ2) is 51.8. The summed E-state index contributed by atoms with van der Waals surface area (Å²) in [4.78, 5) is 297. The van der Waals surface area contributed by atoms with E-state index in [0.29, 0.717) is 18.5 Å². The minimum atomic E-state index is -2.04. The number of aromatic amines is 1. The molecule has 5 fully saturated rings. The average Bonchev–Trinajstić information content (AvgIpc) is 1.67. The molecule has 0 bridgehead atoms. The number of aliphatic carboxylic acids is 2. The van der Waals surface area contributed by atoms with Crippen LogP contribution >= 0.6 is 0 Å². The summed E-state index contributed by atoms with van der Waals surface area (Å²) in [7, 11) is 0. The molecule has 51 nitrogen and oxygen atoms in total. The van der Waals surface area contributed by atoms with Gasteiger partial charge in [0.15, 0.2) is 5.96 Å². The van der Waals surface area contributed by atoms with Gasteiger partial charge >= 0.3 is 11.9 Å². The number of carbonyl (C=O) groups excluding carboxylic acids is 19. The molecule has 0 aliphatic carbocycles. The van der Waals surface area contributed by atoms with E-state index in [1.807, 2.05) is 0 Å². The molecule has 6 heterocycles. The minimum Gasteiger partial charge on any atom is -0.481 e. The van der Waals surface area contributed by atoms with Crippen LogP contribution in [-0.2, 0) is 107 Å². The van der Waals surface area contributed by atoms with Crippen LogP contribution in [0.3, 0.4) is 0 Å². The topological polar surface area (TPSA) is 761 Å². The van der Waals surface area contributed by atoms with Crippen LogP contribution in [0.5, 0.6) is 0 Å². The molecule has 5 aliphatic heterocycles. The number of amides is 19. The van der Waals surface area contributed by atoms with E-state index in [0.717, 1.165) is 21.6 Å². The molecule has 19 amide bonds. The van der Waals surface area contributed by atoms with E-state index in [1.165, 1.54) is 50.0 Å². The first-order valence-electron chi connectivity index (χ1n) is 43.6. The summed E-state index contributed by atoms with van der Waals surface area (Å²) in [6.45, 7) is 5.77. The standard InChI is InChI=1S/C82H123N25O26/c1-10-18-48(65(116)91-42(6)78(129)107-31-17-25-58(107)80(131)106-30-16-23-56(106)72(123)94-44(8)81(132)133)96-69(120)52(37-108)95-59(111)35-89-70(121)54-21-13-27-103(54)77(128)43(7)93-71(122)55-22-15-29-105(55)79(130)50(20-12-26-87-82(84)85)98-75(126)63(45(9)110)102-67(118)51(33-61(113)114)99-73(124)57-24-14-28-104(57)76(127)41(5)92-68(119)53(38-109)100-66(117)49(19-11-2)97-74(125)62(40(3)4)101-60(112)36-88-64(115)47(83)32-46-34-86-39-90-46/h1-2,34,39-45,47-58,62-63,108-110H,12-33,35-38,83H2,3-9H3,(H,86,90)(H,88,115)(H,89,121)(H,91,116)(H,92,119)(H,93,122)(H,94,123)(H,95,111)(H,96,120)(H,97,125)(H,98,126)(H,99,124)(H,100,117)(H,101,112)(H,102,118)(H,113,114)(H,132,133)(H4,84,85,87)/t41-,42-,43-,44-,45+,47-,48-,49-,50-,51-,52-,53-,54-,55-,56-,57-,58-,62-,63-/m0/s1. The first-order chi connectivity index (χ1) is 62.9. The smallest absolute Gasteiger partial charge is 0.325 e. The maximum Gasteiger partial charge on any atom is 0.325 e. The number of carboxylic acids is 2. The Morgan fingerprint density at radius 2 is 0.872 bits per heavy atom. The molecule has 5 aliphatic rings. The van der Waals surface area contributed by atoms with Crippen LogP contribution in [0.15, 0.2) is 12.5 Å². The first kappa shape index (κ1) is 108. The molecule has 26 N–H and O–H groups in total. The number of carboxylic acid groups (broad SMARTS) is 2. The highest BCUT2D eigenvalue weighted by molar-refractivity contribution is 6.03. The number of nitrogens with one attached hydrogen (secondary N) is 17. The Kier molecular flexibility index (Phi) is 42.1. The second-order valence-electron chi connectivity index (χ2n) is 33.2. The normalized spacial score (nSPS) is 20.0. The van der Waals surface area contributed by atoms with Crippen molar-refractivity contribution in [2.45, 2.75) is 266 Å². The van der Waals surface area contributed by atoms with Crippen LogP contribution in [0, 0.1) is 36.0 Å². The first-order valence-corrected chi connectivity index (χ1v) is 43.6. The molecule has 6 rings (SSSR count). The molecule has 19 atom stereocenters. The number of nitrogens with zero attached hydrogens (tertiary/aromatic N) is 6. The number of guanidine groups is 1. The highest BCUT2D eigenvalue weighted by atomic mass is 16.4. The maximum absolute atomic E-state index is 14.7. The Labute approximate surface area is 764 Å². The van der Waals surface area contributed by atoms with Gasteiger partial charge in [0.05, 0.1) is 56.9 Å². The van der Waals surface area contributed by atoms with Crippen molar-refractivity contribution in [1.82, 2.24) is 114 Å². The third kappa shape index (κ3) is 31.2. The lowest BCUT2D eigenvalue weighted by molar-refractivity contribution is -0.148. The Balaban J connectivity index is 1.01. The molecular formula is C82H123N25O26. The van der Waals surface area contributed by atoms with Crippen molar-refractivity contribution < 1.29 is 126 Å². The molecule has 1 aromatic heterocycles. The van der Waals surface area contributed by atoms with E-state index in [4.69, 9.17) is 29.7 Å². The highest BCUT2D eigenvalue weighted by Crippen LogP contribution is 2.28. The van der Waals surface area contributed by atoms with Crippen LogP contribution in [-0.4, -0.2) is 371 Å². The lowest BCUT2D eigenvalue weighted by Crippen LogP contribution is -2.62. The third-order valence-corrected chi connectivity index (χ3v) is 22.8. The number of rotatable bonds is 48. The molecule has 0 aromatic carbocycles. The van der Waals surface area contributed by atoms with Crippen molar-refractivity contribution in [3.8, 4) is 24.7 Å². The van der Waals surface area contributed by atoms with Gasteiger partial charge in [-0.15, -0.1) is 24.7 Å². The van der Waals surface area contributed by atoms with Gasteiger partial charge in [0.25, 0.3) is 0 Å². The predicted octanol–water partition coefficient (Wildman–Crippen LogP) is -11.7. The summed E-state index contributed by atoms with van der Waals surface area (Å²) in [5.74, 6) is -17.1. The Hall–Kier alpha value is -13.7. The van der Waals surface area contributed by atoms with Crippen molar-refractivity contribution in [2.24, 2.45) is 17.4 Å². The van der Waals surface area contributed by atoms with Crippen molar-refractivity contribution in [3.05, 3.63) is 18.2 Å². The Morgan fingerprint density at radius 1 is 0.466 bits per heavy atom. The molecule has 51 heteroatoms. The number of H-pyrrole nitrogens is 1. The van der Waals surface area contributed by atoms with Crippen LogP contribution in [0.25, 0.3) is 0 Å². The van der Waals surface area contributed by atoms with Gasteiger partial charge in [0, 0.05) is 64.7 Å². The molecule has 0 unspecified atom stereocenters. The lowest BCUT2D eigenvalue weighted by Gasteiger charge is -2.32. The SMILES string of the molecule is C#CC[C@H](NC(=O)[C@H](CO)NC(=O)CNC(=O)[C@@H]1CCCN1C(=O)[C@H](C)NC(=O)[C@@H]1CCCN1C(=O)[C@H](CCCNC(=N)N)NC(=O)[C@@H](NC(=O)[C@H](CC(=O)O)NC(=O)[C@@H]1CCCN1C(=O)[C@H](C)NC(=O)[C@H](CO)NC(=O)[C@H](CC#C)NC(=O)[C@@H](NC(=O)CNC(=O)[C@@H](N)Cc1c[nH]cn1)C(C)C)[C@@H](C)O)C(=O)N[C@@H](C)C(=O)N1CCC[C@H]1C(=O)N1CCC[C@H]1C(=O)N[C@@H](C)C(=O)O. The molecule has 0 spiro atoms. The van der Waals surface area contributed by atoms with Crippen molar-refractivity contribution in [2.75, 3.05) is 65.6 Å². The van der Waals surface area contributed by atoms with E-state index in [-0.39, 0.29) is 110 Å². The quantitative estimate of drug-likeness (QED) is 0.0125. The van der Waals surface area contributed by atoms with Crippen LogP contribution in [0.2, 0.25) is 0 Å². The number of hydrogen-bond acceptors (Lipinski definition) is 27. The van der Waals surface area contributed by atoms with Gasteiger partial charge in [0.1, 0.15) is 103 Å². The van der Waals surface area contributed by atoms with Crippen LogP contribution in [0.4, 0.5) is 0 Å². The van der Waals surface area contributed by atoms with Crippen molar-refractivity contribution in [1.29, 1.82) is 5.41 Å². The average molecular weight is 1880 g/mol. The van der Waals surface area contributed by atoms with Gasteiger partial charge in [-0.1, -0.05) is 13.8 Å². The number of aliphatic hydroxyl groups is 3. The van der Waals surface area contributed by atoms with E-state index in [1.54, 1.807) is 13.8 Å². The number of likely N-dealkylation sites (tertiary alicyclic amines) is 5. The molecule has 0 radical (unpaired) electrons. The predicted molar refractivity (Wildman–Crippen MR) is 462 cm³/mol. The van der Waals surface area contributed by atoms with Gasteiger partial charge < -0.3 is 146 Å². The molecule has 732 valence electrons. The molecule has 5 saturated heterocycles. The van der Waals surface area contributed by atoms with E-state index in [2.05, 4.69) is 102 Å². The molecular weight excluding hydrogens is 1750 g/mol. The fourth-order valence-corrected chi connectivity index (χ4v) is 15.6. The summed E-state index contributed by atoms with van der Waals surface area (Å²) in [5.41, 5.74) is 11.9. The number of imidazole rings is 1. The highest BCUT2D eigenvalue weighted by Gasteiger charge is 2.47. The van der Waals surface area contributed by atoms with Crippen LogP contribution < -0.4 is 91.2 Å². The second-order valence-corrected chi connectivity index (χ2v) is 33.2. The zero-order valence-electron chi connectivity index (χ0n) is 74.9. The number of aliphatic hydroxyl groups excluding tert-OH is 3. The van der Waals surface area contributed by atoms with Crippen molar-refractivity contribution >= 4 is 130 Å². The minimum absolute atomic E-state index is 0.000560. The third-order valence-electron chi connectivity index (χ3n) is 22.8. The molecule has 133 heavy (non-hydrogen) atoms. The number of terminal acetylenes is 2. The number of hydrogen-bond donors (Lipinski definition) is 24. The maximum atomic E-state index is 14.7. The fourth-order valence-electron chi connectivity index (χ4n) is 15.6. The molecule has 0 saturated carbocycles. The zero-order chi connectivity index (χ0) is 98.9. The van der Waals surface area contributed by atoms with Gasteiger partial charge in [-0.25, -0.2) is 4.98 Å². The summed E-state index contributed by atoms with van der Waals surface area (Å²) >= 11 is 0. The van der Waals surface area contributed by atoms with Gasteiger partial charge in [0.2, 0.25) is 112 Å². The zero-order valence-corrected chi connectivity index (χ0v) is 74.9. The monoisotopic (exact) mass is 1870 g/mol. The largest absolute Gasteiger partial charge is 0.481 e. The summed E-state index contributed by atoms with van der Waals surface area (Å²) < 4.78 is 0. The van der Waals surface area contributed by atoms with Gasteiger partial charge in [-0.05, 0) is 118 Å². The van der Waals surface area contributed by atoms with E-state index in [9.17, 15) is 126 Å². The summed E-state index contributed by atoms with van der Waals surface area (Å²) in [6, 6.07) is -26.1. The number of nitrogens with two attached hydrogens (primary N) is 2. The fraction of sp³-hybridized carbons (Fsp3) is 0.646. The van der Waals surface area contributed by atoms with Gasteiger partial charge in [-0.2, -0.15) is 0 Å². The Bertz CT molecular complexity index is 4520. The number of aromatic nitrogens is 2. The lowest BCUT2D eigenvalue weighted by atomic mass is 10.0.